The van der Waals surface area contributed by atoms with Crippen molar-refractivity contribution in [1.29, 1.82) is 0 Å². The zero-order valence-electron chi connectivity index (χ0n) is 8.62. The SMILES string of the molecule is CCCCC(C)CCC(N)C(=O)O. The Morgan fingerprint density at radius 2 is 2.00 bits per heavy atom. The first kappa shape index (κ1) is 12.4. The monoisotopic (exact) mass is 187 g/mol. The smallest absolute Gasteiger partial charge is 0.320 e. The maximum atomic E-state index is 10.4. The number of unbranched alkanes of at least 4 members (excludes halogenated alkanes) is 1. The number of carbonyl (C=O) groups is 1. The molecule has 0 aliphatic carbocycles. The van der Waals surface area contributed by atoms with Gasteiger partial charge in [0.2, 0.25) is 0 Å². The van der Waals surface area contributed by atoms with Crippen molar-refractivity contribution in [1.82, 2.24) is 0 Å². The summed E-state index contributed by atoms with van der Waals surface area (Å²) in [5, 5.41) is 8.55. The number of carboxylic acids is 1. The highest BCUT2D eigenvalue weighted by molar-refractivity contribution is 5.72. The van der Waals surface area contributed by atoms with Crippen molar-refractivity contribution >= 4 is 5.97 Å². The van der Waals surface area contributed by atoms with E-state index in [-0.39, 0.29) is 0 Å². The summed E-state index contributed by atoms with van der Waals surface area (Å²) in [4.78, 5) is 10.4. The minimum Gasteiger partial charge on any atom is -0.480 e. The predicted octanol–water partition coefficient (Wildman–Crippen LogP) is 2.00. The van der Waals surface area contributed by atoms with E-state index in [2.05, 4.69) is 13.8 Å². The molecule has 2 atom stereocenters. The van der Waals surface area contributed by atoms with E-state index >= 15 is 0 Å². The number of aliphatic carboxylic acids is 1. The summed E-state index contributed by atoms with van der Waals surface area (Å²) in [7, 11) is 0. The van der Waals surface area contributed by atoms with Crippen molar-refractivity contribution < 1.29 is 9.90 Å². The van der Waals surface area contributed by atoms with Gasteiger partial charge in [-0.2, -0.15) is 0 Å². The molecule has 0 saturated heterocycles. The molecule has 0 amide bonds. The predicted molar refractivity (Wildman–Crippen MR) is 53.5 cm³/mol. The maximum Gasteiger partial charge on any atom is 0.320 e. The first-order valence-corrected chi connectivity index (χ1v) is 5.06. The lowest BCUT2D eigenvalue weighted by molar-refractivity contribution is -0.138. The molecule has 0 spiro atoms. The van der Waals surface area contributed by atoms with E-state index in [0.717, 1.165) is 6.42 Å². The van der Waals surface area contributed by atoms with Gasteiger partial charge in [0, 0.05) is 0 Å². The van der Waals surface area contributed by atoms with Crippen LogP contribution in [0.25, 0.3) is 0 Å². The molecule has 0 fully saturated rings. The van der Waals surface area contributed by atoms with Gasteiger partial charge in [0.1, 0.15) is 6.04 Å². The van der Waals surface area contributed by atoms with Crippen LogP contribution in [0, 0.1) is 5.92 Å². The summed E-state index contributed by atoms with van der Waals surface area (Å²) in [5.74, 6) is -0.284. The van der Waals surface area contributed by atoms with Crippen molar-refractivity contribution in [3.8, 4) is 0 Å². The summed E-state index contributed by atoms with van der Waals surface area (Å²) in [6.07, 6.45) is 5.13. The first-order chi connectivity index (χ1) is 6.07. The minimum atomic E-state index is -0.886. The molecule has 0 heterocycles. The molecule has 0 aromatic carbocycles. The Hall–Kier alpha value is -0.570. The molecule has 0 aromatic rings. The van der Waals surface area contributed by atoms with Crippen LogP contribution in [0.15, 0.2) is 0 Å². The summed E-state index contributed by atoms with van der Waals surface area (Å²) in [6.45, 7) is 4.32. The Morgan fingerprint density at radius 1 is 1.38 bits per heavy atom. The van der Waals surface area contributed by atoms with Gasteiger partial charge in [-0.3, -0.25) is 4.79 Å². The third-order valence-corrected chi connectivity index (χ3v) is 2.34. The number of hydrogen-bond acceptors (Lipinski definition) is 2. The van der Waals surface area contributed by atoms with Gasteiger partial charge in [-0.15, -0.1) is 0 Å². The van der Waals surface area contributed by atoms with Gasteiger partial charge >= 0.3 is 5.97 Å². The molecule has 3 nitrogen and oxygen atoms in total. The molecule has 3 heteroatoms. The molecule has 13 heavy (non-hydrogen) atoms. The lowest BCUT2D eigenvalue weighted by Gasteiger charge is -2.12. The lowest BCUT2D eigenvalue weighted by atomic mass is 9.97. The summed E-state index contributed by atoms with van der Waals surface area (Å²) < 4.78 is 0. The molecule has 0 bridgehead atoms. The van der Waals surface area contributed by atoms with Crippen LogP contribution in [0.3, 0.4) is 0 Å². The van der Waals surface area contributed by atoms with E-state index in [0.29, 0.717) is 12.3 Å². The van der Waals surface area contributed by atoms with Gasteiger partial charge < -0.3 is 10.8 Å². The highest BCUT2D eigenvalue weighted by Gasteiger charge is 2.12. The molecule has 0 aliphatic heterocycles. The highest BCUT2D eigenvalue weighted by Crippen LogP contribution is 2.14. The average Bonchev–Trinajstić information content (AvgIpc) is 2.10. The van der Waals surface area contributed by atoms with E-state index in [1.807, 2.05) is 0 Å². The van der Waals surface area contributed by atoms with Gasteiger partial charge in [-0.05, 0) is 18.8 Å². The molecule has 0 radical (unpaired) electrons. The molecular formula is C10H21NO2. The Kier molecular flexibility index (Phi) is 6.59. The van der Waals surface area contributed by atoms with Gasteiger partial charge in [0.05, 0.1) is 0 Å². The molecule has 0 rings (SSSR count). The summed E-state index contributed by atoms with van der Waals surface area (Å²) >= 11 is 0. The number of rotatable bonds is 7. The largest absolute Gasteiger partial charge is 0.480 e. The van der Waals surface area contributed by atoms with Crippen molar-refractivity contribution in [3.05, 3.63) is 0 Å². The van der Waals surface area contributed by atoms with Crippen molar-refractivity contribution in [3.63, 3.8) is 0 Å². The lowest BCUT2D eigenvalue weighted by Crippen LogP contribution is -2.30. The van der Waals surface area contributed by atoms with Gasteiger partial charge in [-0.25, -0.2) is 0 Å². The fraction of sp³-hybridized carbons (Fsp3) is 0.900. The van der Waals surface area contributed by atoms with E-state index < -0.39 is 12.0 Å². The van der Waals surface area contributed by atoms with Crippen molar-refractivity contribution in [2.75, 3.05) is 0 Å². The molecule has 0 saturated carbocycles. The standard InChI is InChI=1S/C10H21NO2/c1-3-4-5-8(2)6-7-9(11)10(12)13/h8-9H,3-7,11H2,1-2H3,(H,12,13). The summed E-state index contributed by atoms with van der Waals surface area (Å²) in [5.41, 5.74) is 5.39. The zero-order valence-corrected chi connectivity index (χ0v) is 8.62. The van der Waals surface area contributed by atoms with Crippen molar-refractivity contribution in [2.24, 2.45) is 11.7 Å². The second-order valence-electron chi connectivity index (χ2n) is 3.77. The highest BCUT2D eigenvalue weighted by atomic mass is 16.4. The van der Waals surface area contributed by atoms with E-state index in [9.17, 15) is 4.79 Å². The Labute approximate surface area is 80.3 Å². The van der Waals surface area contributed by atoms with E-state index in [1.54, 1.807) is 0 Å². The van der Waals surface area contributed by atoms with Crippen LogP contribution in [0.4, 0.5) is 0 Å². The average molecular weight is 187 g/mol. The fourth-order valence-corrected chi connectivity index (χ4v) is 1.28. The van der Waals surface area contributed by atoms with Crippen molar-refractivity contribution in [2.45, 2.75) is 52.0 Å². The Balaban J connectivity index is 3.45. The van der Waals surface area contributed by atoms with Crippen LogP contribution in [-0.2, 0) is 4.79 Å². The Bertz CT molecular complexity index is 148. The molecule has 0 aliphatic rings. The van der Waals surface area contributed by atoms with Crippen LogP contribution < -0.4 is 5.73 Å². The topological polar surface area (TPSA) is 63.3 Å². The molecule has 78 valence electrons. The normalized spacial score (nSPS) is 15.3. The van der Waals surface area contributed by atoms with E-state index in [4.69, 9.17) is 10.8 Å². The molecule has 2 unspecified atom stereocenters. The van der Waals surface area contributed by atoms with Crippen LogP contribution in [0.2, 0.25) is 0 Å². The Morgan fingerprint density at radius 3 is 2.46 bits per heavy atom. The van der Waals surface area contributed by atoms with Crippen LogP contribution >= 0.6 is 0 Å². The summed E-state index contributed by atoms with van der Waals surface area (Å²) in [6, 6.07) is -0.677. The number of nitrogens with two attached hydrogens (primary N) is 1. The third kappa shape index (κ3) is 6.58. The van der Waals surface area contributed by atoms with Crippen LogP contribution in [0.1, 0.15) is 46.0 Å². The van der Waals surface area contributed by atoms with Gasteiger partial charge in [-0.1, -0.05) is 33.1 Å². The third-order valence-electron chi connectivity index (χ3n) is 2.34. The van der Waals surface area contributed by atoms with Crippen LogP contribution in [-0.4, -0.2) is 17.1 Å². The number of hydrogen-bond donors (Lipinski definition) is 2. The maximum absolute atomic E-state index is 10.4. The van der Waals surface area contributed by atoms with E-state index in [1.165, 1.54) is 19.3 Å². The van der Waals surface area contributed by atoms with Gasteiger partial charge in [0.25, 0.3) is 0 Å². The molecular weight excluding hydrogens is 166 g/mol. The molecule has 0 aromatic heterocycles. The van der Waals surface area contributed by atoms with Gasteiger partial charge in [0.15, 0.2) is 0 Å². The fourth-order valence-electron chi connectivity index (χ4n) is 1.28. The van der Waals surface area contributed by atoms with Crippen LogP contribution in [0.5, 0.6) is 0 Å². The minimum absolute atomic E-state index is 0.597. The second kappa shape index (κ2) is 6.89. The quantitative estimate of drug-likeness (QED) is 0.640. The second-order valence-corrected chi connectivity index (χ2v) is 3.77. The zero-order chi connectivity index (χ0) is 10.3. The molecule has 3 N–H and O–H groups in total. The first-order valence-electron chi connectivity index (χ1n) is 5.06. The number of carboxylic acid groups (broad SMARTS) is 1.